The van der Waals surface area contributed by atoms with Gasteiger partial charge in [0.15, 0.2) is 0 Å². The number of fused-ring (bicyclic) bond motifs is 6. The van der Waals surface area contributed by atoms with Crippen LogP contribution >= 0.6 is 0 Å². The molecule has 0 spiro atoms. The van der Waals surface area contributed by atoms with Crippen molar-refractivity contribution >= 4 is 44.5 Å². The number of hydrogen-bond acceptors (Lipinski definition) is 1. The fraction of sp³-hybridized carbons (Fsp3) is 0.105. The first kappa shape index (κ1) is 25.0. The van der Waals surface area contributed by atoms with Gasteiger partial charge in [0, 0.05) is 38.9 Å². The van der Waals surface area contributed by atoms with Crippen molar-refractivity contribution in [2.24, 2.45) is 0 Å². The fourth-order valence-electron chi connectivity index (χ4n) is 6.28. The molecule has 0 unspecified atom stereocenters. The highest BCUT2D eigenvalue weighted by atomic mass is 15.0. The summed E-state index contributed by atoms with van der Waals surface area (Å²) in [6.45, 7) is 4.00. The van der Waals surface area contributed by atoms with Crippen LogP contribution < -0.4 is 5.32 Å². The number of rotatable bonds is 4. The molecule has 0 aliphatic heterocycles. The van der Waals surface area contributed by atoms with E-state index in [4.69, 9.17) is 0 Å². The average molecular weight is 532 g/mol. The number of nitrogens with one attached hydrogen (secondary N) is 1. The first-order chi connectivity index (χ1) is 20.3. The van der Waals surface area contributed by atoms with E-state index in [-0.39, 0.29) is 0 Å². The summed E-state index contributed by atoms with van der Waals surface area (Å²) >= 11 is 0. The smallest absolute Gasteiger partial charge is 0.0561 e. The molecule has 2 heterocycles. The summed E-state index contributed by atoms with van der Waals surface area (Å²) in [7, 11) is 0. The summed E-state index contributed by atoms with van der Waals surface area (Å²) in [6, 6.07) is 45.6. The largest absolute Gasteiger partial charge is 0.359 e. The summed E-state index contributed by atoms with van der Waals surface area (Å²) in [6.07, 6.45) is 4.35. The molecule has 2 aromatic heterocycles. The lowest BCUT2D eigenvalue weighted by atomic mass is 9.98. The van der Waals surface area contributed by atoms with Crippen molar-refractivity contribution in [2.45, 2.75) is 26.7 Å². The lowest BCUT2D eigenvalue weighted by molar-refractivity contribution is 0.921. The number of aryl methyl sites for hydroxylation is 1. The first-order valence-corrected chi connectivity index (χ1v) is 14.6. The Morgan fingerprint density at radius 2 is 1.07 bits per heavy atom. The summed E-state index contributed by atoms with van der Waals surface area (Å²) < 4.78 is 4.78. The molecule has 0 amide bonds. The fourth-order valence-corrected chi connectivity index (χ4v) is 6.28. The Kier molecular flexibility index (Phi) is 6.41. The molecule has 41 heavy (non-hydrogen) atoms. The van der Waals surface area contributed by atoms with E-state index in [2.05, 4.69) is 148 Å². The highest BCUT2D eigenvalue weighted by Gasteiger charge is 2.21. The van der Waals surface area contributed by atoms with Crippen molar-refractivity contribution < 1.29 is 0 Å². The lowest BCUT2D eigenvalue weighted by Gasteiger charge is -2.18. The van der Waals surface area contributed by atoms with E-state index in [1.807, 2.05) is 13.8 Å². The van der Waals surface area contributed by atoms with Gasteiger partial charge in [0.05, 0.1) is 22.2 Å². The molecule has 0 radical (unpaired) electrons. The molecule has 0 saturated carbocycles. The van der Waals surface area contributed by atoms with E-state index in [9.17, 15) is 0 Å². The van der Waals surface area contributed by atoms with E-state index < -0.39 is 0 Å². The molecule has 8 rings (SSSR count). The van der Waals surface area contributed by atoms with Gasteiger partial charge in [-0.1, -0.05) is 92.7 Å². The second-order valence-electron chi connectivity index (χ2n) is 10.3. The van der Waals surface area contributed by atoms with Crippen LogP contribution in [0.5, 0.6) is 0 Å². The Morgan fingerprint density at radius 1 is 0.512 bits per heavy atom. The molecule has 1 N–H and O–H groups in total. The van der Waals surface area contributed by atoms with Crippen LogP contribution in [0.1, 0.15) is 31.5 Å². The van der Waals surface area contributed by atoms with Crippen molar-refractivity contribution in [2.75, 3.05) is 5.32 Å². The zero-order valence-electron chi connectivity index (χ0n) is 23.5. The van der Waals surface area contributed by atoms with Gasteiger partial charge in [0.25, 0.3) is 0 Å². The molecule has 0 saturated heterocycles. The number of nitrogens with zero attached hydrogens (tertiary/aromatic N) is 2. The monoisotopic (exact) mass is 531 g/mol. The van der Waals surface area contributed by atoms with Crippen LogP contribution in [0, 0.1) is 0 Å². The van der Waals surface area contributed by atoms with Crippen LogP contribution in [0.3, 0.4) is 0 Å². The van der Waals surface area contributed by atoms with Gasteiger partial charge in [-0.05, 0) is 73.0 Å². The predicted octanol–water partition coefficient (Wildman–Crippen LogP) is 10.2. The molecule has 5 aromatic carbocycles. The minimum Gasteiger partial charge on any atom is -0.359 e. The van der Waals surface area contributed by atoms with Crippen molar-refractivity contribution in [3.05, 3.63) is 144 Å². The Labute approximate surface area is 241 Å². The Hall–Kier alpha value is -5.02. The Balaban J connectivity index is 0.00000135. The molecule has 0 bridgehead atoms. The number of aromatic nitrogens is 2. The standard InChI is InChI=1S/C36H27N3.C2H6/c1-3-11-27(12-4-1)38-33-17-9-7-15-29(33)31-21-19-25(23-35(31)38)37-26-20-22-32-30-16-8-10-18-34(30)39(36(32)24-26)28-13-5-2-6-14-28;1-2/h1-19,21,23-24,37H,20,22H2;1-2H3. The maximum Gasteiger partial charge on any atom is 0.0561 e. The Bertz CT molecular complexity index is 2030. The topological polar surface area (TPSA) is 21.9 Å². The SMILES string of the molecule is C1=C(Nc2ccc3c4ccccc4n(-c4ccccc4)c3c2)CCc2c1n(-c1ccccc1)c1ccccc21.CC. The molecule has 0 fully saturated rings. The maximum atomic E-state index is 3.79. The van der Waals surface area contributed by atoms with Gasteiger partial charge in [-0.3, -0.25) is 0 Å². The lowest BCUT2D eigenvalue weighted by Crippen LogP contribution is -2.08. The van der Waals surface area contributed by atoms with E-state index >= 15 is 0 Å². The molecule has 1 aliphatic rings. The van der Waals surface area contributed by atoms with Gasteiger partial charge in [0.1, 0.15) is 0 Å². The van der Waals surface area contributed by atoms with Crippen LogP contribution in [0.2, 0.25) is 0 Å². The second kappa shape index (κ2) is 10.5. The van der Waals surface area contributed by atoms with Gasteiger partial charge in [0.2, 0.25) is 0 Å². The average Bonchev–Trinajstić information content (AvgIpc) is 3.55. The summed E-state index contributed by atoms with van der Waals surface area (Å²) in [4.78, 5) is 0. The van der Waals surface area contributed by atoms with Gasteiger partial charge < -0.3 is 14.5 Å². The minimum atomic E-state index is 0.982. The minimum absolute atomic E-state index is 0.982. The van der Waals surface area contributed by atoms with E-state index in [0.717, 1.165) is 18.5 Å². The molecular formula is C38H33N3. The molecule has 3 heteroatoms. The summed E-state index contributed by atoms with van der Waals surface area (Å²) in [5, 5.41) is 7.68. The second-order valence-corrected chi connectivity index (χ2v) is 10.3. The Morgan fingerprint density at radius 3 is 1.78 bits per heavy atom. The highest BCUT2D eigenvalue weighted by molar-refractivity contribution is 6.10. The number of para-hydroxylation sites is 4. The van der Waals surface area contributed by atoms with Gasteiger partial charge in [-0.25, -0.2) is 0 Å². The van der Waals surface area contributed by atoms with Crippen molar-refractivity contribution in [1.29, 1.82) is 0 Å². The summed E-state index contributed by atoms with van der Waals surface area (Å²) in [5.74, 6) is 0. The zero-order chi connectivity index (χ0) is 27.8. The van der Waals surface area contributed by atoms with Crippen LogP contribution in [-0.4, -0.2) is 9.13 Å². The van der Waals surface area contributed by atoms with Crippen molar-refractivity contribution in [3.8, 4) is 11.4 Å². The summed E-state index contributed by atoms with van der Waals surface area (Å²) in [5.41, 5.74) is 11.1. The third-order valence-electron chi connectivity index (χ3n) is 7.98. The molecule has 3 nitrogen and oxygen atoms in total. The van der Waals surface area contributed by atoms with Crippen LogP contribution in [0.25, 0.3) is 50.2 Å². The first-order valence-electron chi connectivity index (χ1n) is 14.6. The molecular weight excluding hydrogens is 498 g/mol. The molecule has 200 valence electrons. The van der Waals surface area contributed by atoms with E-state index in [1.165, 1.54) is 61.0 Å². The number of benzene rings is 5. The highest BCUT2D eigenvalue weighted by Crippen LogP contribution is 2.37. The maximum absolute atomic E-state index is 3.79. The molecule has 0 atom stereocenters. The third-order valence-corrected chi connectivity index (χ3v) is 7.98. The van der Waals surface area contributed by atoms with E-state index in [1.54, 1.807) is 0 Å². The van der Waals surface area contributed by atoms with Gasteiger partial charge >= 0.3 is 0 Å². The number of hydrogen-bond donors (Lipinski definition) is 1. The van der Waals surface area contributed by atoms with Crippen molar-refractivity contribution in [1.82, 2.24) is 9.13 Å². The zero-order valence-corrected chi connectivity index (χ0v) is 23.5. The van der Waals surface area contributed by atoms with Gasteiger partial charge in [-0.15, -0.1) is 0 Å². The van der Waals surface area contributed by atoms with Crippen molar-refractivity contribution in [3.63, 3.8) is 0 Å². The van der Waals surface area contributed by atoms with Crippen LogP contribution in [0.15, 0.2) is 133 Å². The molecule has 1 aliphatic carbocycles. The predicted molar refractivity (Wildman–Crippen MR) is 175 cm³/mol. The van der Waals surface area contributed by atoms with Crippen LogP contribution in [0.4, 0.5) is 5.69 Å². The van der Waals surface area contributed by atoms with E-state index in [0.29, 0.717) is 0 Å². The normalized spacial score (nSPS) is 12.6. The number of anilines is 1. The quantitative estimate of drug-likeness (QED) is 0.240. The third kappa shape index (κ3) is 4.22. The number of allylic oxidation sites excluding steroid dienone is 1. The van der Waals surface area contributed by atoms with Crippen LogP contribution in [-0.2, 0) is 6.42 Å². The van der Waals surface area contributed by atoms with Gasteiger partial charge in [-0.2, -0.15) is 0 Å². The molecule has 7 aromatic rings.